The number of nitrogens with one attached hydrogen (secondary N) is 2. The molecule has 0 spiro atoms. The lowest BCUT2D eigenvalue weighted by molar-refractivity contribution is -0.307. The van der Waals surface area contributed by atoms with Crippen molar-refractivity contribution in [3.8, 4) is 0 Å². The van der Waals surface area contributed by atoms with Crippen LogP contribution in [0.15, 0.2) is 53.6 Å². The SMILES string of the molecule is Cc1ccc(S(=O)(=O)N[C@H](Cc2c[nH]c3ccccc23)C(=O)[O-])c(C)c1. The maximum Gasteiger partial charge on any atom is 0.241 e. The fourth-order valence-corrected chi connectivity index (χ4v) is 4.46. The third kappa shape index (κ3) is 3.63. The summed E-state index contributed by atoms with van der Waals surface area (Å²) < 4.78 is 27.6. The molecular formula is C19H19N2O4S-. The van der Waals surface area contributed by atoms with Gasteiger partial charge < -0.3 is 14.9 Å². The van der Waals surface area contributed by atoms with Gasteiger partial charge in [0.05, 0.1) is 16.9 Å². The zero-order valence-corrected chi connectivity index (χ0v) is 15.3. The Morgan fingerprint density at radius 2 is 1.92 bits per heavy atom. The van der Waals surface area contributed by atoms with Gasteiger partial charge in [0, 0.05) is 17.1 Å². The predicted octanol–water partition coefficient (Wildman–Crippen LogP) is 1.42. The topological polar surface area (TPSA) is 102 Å². The number of carboxylic acid groups (broad SMARTS) is 1. The van der Waals surface area contributed by atoms with Gasteiger partial charge in [-0.15, -0.1) is 0 Å². The highest BCUT2D eigenvalue weighted by Gasteiger charge is 2.23. The van der Waals surface area contributed by atoms with Crippen molar-refractivity contribution in [1.82, 2.24) is 9.71 Å². The highest BCUT2D eigenvalue weighted by molar-refractivity contribution is 7.89. The number of fused-ring (bicyclic) bond motifs is 1. The number of benzene rings is 2. The molecule has 0 amide bonds. The average molecular weight is 371 g/mol. The summed E-state index contributed by atoms with van der Waals surface area (Å²) in [5.41, 5.74) is 3.05. The minimum atomic E-state index is -3.99. The molecule has 0 aliphatic rings. The molecule has 1 atom stereocenters. The van der Waals surface area contributed by atoms with Crippen molar-refractivity contribution in [1.29, 1.82) is 0 Å². The number of sulfonamides is 1. The smallest absolute Gasteiger partial charge is 0.241 e. The number of aromatic amines is 1. The van der Waals surface area contributed by atoms with Gasteiger partial charge in [-0.1, -0.05) is 35.9 Å². The third-order valence-corrected chi connectivity index (χ3v) is 5.93. The van der Waals surface area contributed by atoms with E-state index >= 15 is 0 Å². The minimum Gasteiger partial charge on any atom is -0.548 e. The van der Waals surface area contributed by atoms with Crippen molar-refractivity contribution in [2.24, 2.45) is 0 Å². The van der Waals surface area contributed by atoms with E-state index in [2.05, 4.69) is 9.71 Å². The Balaban J connectivity index is 1.90. The highest BCUT2D eigenvalue weighted by Crippen LogP contribution is 2.21. The van der Waals surface area contributed by atoms with Crippen molar-refractivity contribution in [3.05, 3.63) is 65.4 Å². The Kier molecular flexibility index (Phi) is 4.84. The molecule has 0 unspecified atom stereocenters. The van der Waals surface area contributed by atoms with Crippen LogP contribution in [0.4, 0.5) is 0 Å². The number of aliphatic carboxylic acids is 1. The Labute approximate surface area is 151 Å². The van der Waals surface area contributed by atoms with Crippen LogP contribution >= 0.6 is 0 Å². The van der Waals surface area contributed by atoms with E-state index in [9.17, 15) is 18.3 Å². The summed E-state index contributed by atoms with van der Waals surface area (Å²) in [4.78, 5) is 14.7. The summed E-state index contributed by atoms with van der Waals surface area (Å²) >= 11 is 0. The molecule has 2 N–H and O–H groups in total. The Hall–Kier alpha value is -2.64. The first kappa shape index (κ1) is 18.2. The van der Waals surface area contributed by atoms with Gasteiger partial charge >= 0.3 is 0 Å². The molecule has 7 heteroatoms. The zero-order valence-electron chi connectivity index (χ0n) is 14.4. The molecule has 26 heavy (non-hydrogen) atoms. The first-order valence-corrected chi connectivity index (χ1v) is 9.61. The van der Waals surface area contributed by atoms with Crippen LogP contribution in [0.5, 0.6) is 0 Å². The van der Waals surface area contributed by atoms with E-state index in [0.29, 0.717) is 11.1 Å². The molecule has 0 bridgehead atoms. The molecule has 3 rings (SSSR count). The predicted molar refractivity (Wildman–Crippen MR) is 97.0 cm³/mol. The number of carbonyl (C=O) groups is 1. The lowest BCUT2D eigenvalue weighted by Gasteiger charge is -2.20. The number of para-hydroxylation sites is 1. The Morgan fingerprint density at radius 1 is 1.19 bits per heavy atom. The summed E-state index contributed by atoms with van der Waals surface area (Å²) in [6.07, 6.45) is 1.67. The quantitative estimate of drug-likeness (QED) is 0.684. The second-order valence-electron chi connectivity index (χ2n) is 6.33. The largest absolute Gasteiger partial charge is 0.548 e. The maximum absolute atomic E-state index is 12.7. The van der Waals surface area contributed by atoms with Gasteiger partial charge in [0.2, 0.25) is 10.0 Å². The zero-order chi connectivity index (χ0) is 18.9. The van der Waals surface area contributed by atoms with E-state index < -0.39 is 22.0 Å². The van der Waals surface area contributed by atoms with Gasteiger partial charge in [0.1, 0.15) is 0 Å². The monoisotopic (exact) mass is 371 g/mol. The third-order valence-electron chi connectivity index (χ3n) is 4.30. The van der Waals surface area contributed by atoms with Crippen molar-refractivity contribution in [2.75, 3.05) is 0 Å². The molecule has 1 aromatic heterocycles. The van der Waals surface area contributed by atoms with E-state index in [1.54, 1.807) is 25.3 Å². The van der Waals surface area contributed by atoms with Gasteiger partial charge in [0.25, 0.3) is 0 Å². The van der Waals surface area contributed by atoms with Crippen LogP contribution in [-0.2, 0) is 21.2 Å². The summed E-state index contributed by atoms with van der Waals surface area (Å²) in [5, 5.41) is 12.4. The first-order chi connectivity index (χ1) is 12.3. The molecule has 136 valence electrons. The van der Waals surface area contributed by atoms with Crippen LogP contribution in [0, 0.1) is 13.8 Å². The second kappa shape index (κ2) is 6.93. The Bertz CT molecular complexity index is 1070. The van der Waals surface area contributed by atoms with Crippen LogP contribution < -0.4 is 9.83 Å². The summed E-state index contributed by atoms with van der Waals surface area (Å²) in [6, 6.07) is 10.9. The van der Waals surface area contributed by atoms with Crippen LogP contribution in [0.25, 0.3) is 10.9 Å². The lowest BCUT2D eigenvalue weighted by atomic mass is 10.1. The fraction of sp³-hybridized carbons (Fsp3) is 0.211. The normalized spacial score (nSPS) is 13.0. The van der Waals surface area contributed by atoms with Gasteiger partial charge in [-0.3, -0.25) is 0 Å². The molecule has 0 fully saturated rings. The lowest BCUT2D eigenvalue weighted by Crippen LogP contribution is -2.49. The van der Waals surface area contributed by atoms with E-state index in [1.165, 1.54) is 6.07 Å². The average Bonchev–Trinajstić information content (AvgIpc) is 2.97. The van der Waals surface area contributed by atoms with Crippen LogP contribution in [0.1, 0.15) is 16.7 Å². The van der Waals surface area contributed by atoms with Crippen molar-refractivity contribution < 1.29 is 18.3 Å². The Morgan fingerprint density at radius 3 is 2.62 bits per heavy atom. The molecular weight excluding hydrogens is 352 g/mol. The number of hydrogen-bond donors (Lipinski definition) is 2. The molecule has 0 aliphatic carbocycles. The number of aryl methyl sites for hydroxylation is 2. The van der Waals surface area contributed by atoms with E-state index in [1.807, 2.05) is 31.2 Å². The number of carbonyl (C=O) groups excluding carboxylic acids is 1. The number of H-pyrrole nitrogens is 1. The molecule has 0 saturated heterocycles. The fourth-order valence-electron chi connectivity index (χ4n) is 3.05. The molecule has 6 nitrogen and oxygen atoms in total. The maximum atomic E-state index is 12.7. The number of hydrogen-bond acceptors (Lipinski definition) is 4. The standard InChI is InChI=1S/C19H20N2O4S/c1-12-7-8-18(13(2)9-12)26(24,25)21-17(19(22)23)10-14-11-20-16-6-4-3-5-15(14)16/h3-9,11,17,20-21H,10H2,1-2H3,(H,22,23)/p-1/t17-/m1/s1. The summed E-state index contributed by atoms with van der Waals surface area (Å²) in [5.74, 6) is -1.47. The first-order valence-electron chi connectivity index (χ1n) is 8.13. The van der Waals surface area contributed by atoms with Crippen LogP contribution in [-0.4, -0.2) is 25.4 Å². The van der Waals surface area contributed by atoms with Gasteiger partial charge in [-0.2, -0.15) is 0 Å². The number of aromatic nitrogens is 1. The molecule has 0 radical (unpaired) electrons. The molecule has 0 saturated carbocycles. The highest BCUT2D eigenvalue weighted by atomic mass is 32.2. The van der Waals surface area contributed by atoms with Crippen molar-refractivity contribution in [2.45, 2.75) is 31.2 Å². The van der Waals surface area contributed by atoms with Crippen LogP contribution in [0.2, 0.25) is 0 Å². The molecule has 1 heterocycles. The molecule has 2 aromatic carbocycles. The van der Waals surface area contributed by atoms with Gasteiger partial charge in [-0.25, -0.2) is 13.1 Å². The van der Waals surface area contributed by atoms with Crippen molar-refractivity contribution in [3.63, 3.8) is 0 Å². The molecule has 3 aromatic rings. The van der Waals surface area contributed by atoms with Crippen molar-refractivity contribution >= 4 is 26.9 Å². The van der Waals surface area contributed by atoms with E-state index in [-0.39, 0.29) is 11.3 Å². The summed E-state index contributed by atoms with van der Waals surface area (Å²) in [6.45, 7) is 3.53. The number of carboxylic acids is 1. The van der Waals surface area contributed by atoms with Crippen LogP contribution in [0.3, 0.4) is 0 Å². The summed E-state index contributed by atoms with van der Waals surface area (Å²) in [7, 11) is -3.99. The van der Waals surface area contributed by atoms with E-state index in [0.717, 1.165) is 16.5 Å². The van der Waals surface area contributed by atoms with Gasteiger partial charge in [-0.05, 0) is 43.5 Å². The van der Waals surface area contributed by atoms with Gasteiger partial charge in [0.15, 0.2) is 0 Å². The molecule has 0 aliphatic heterocycles. The number of rotatable bonds is 6. The second-order valence-corrected chi connectivity index (χ2v) is 8.01. The minimum absolute atomic E-state index is 0.0174. The van der Waals surface area contributed by atoms with E-state index in [4.69, 9.17) is 0 Å².